The van der Waals surface area contributed by atoms with E-state index in [0.29, 0.717) is 0 Å². The normalized spacial score (nSPS) is 11.6. The largest absolute Gasteiger partial charge is 0.324 e. The third-order valence-corrected chi connectivity index (χ3v) is 6.13. The van der Waals surface area contributed by atoms with Crippen molar-refractivity contribution in [1.29, 1.82) is 0 Å². The number of aryl methyl sites for hydroxylation is 1. The first kappa shape index (κ1) is 24.8. The highest BCUT2D eigenvalue weighted by atomic mass is 15.4. The van der Waals surface area contributed by atoms with Crippen molar-refractivity contribution >= 4 is 11.0 Å². The van der Waals surface area contributed by atoms with Gasteiger partial charge in [0.05, 0.1) is 11.0 Å². The lowest BCUT2D eigenvalue weighted by molar-refractivity contribution is 0.537. The Kier molecular flexibility index (Phi) is 12.6. The topological polar surface area (TPSA) is 29.9 Å². The minimum Gasteiger partial charge on any atom is -0.324 e. The van der Waals surface area contributed by atoms with E-state index < -0.39 is 0 Å². The summed E-state index contributed by atoms with van der Waals surface area (Å²) in [4.78, 5) is 4.91. The molecule has 2 aromatic rings. The van der Waals surface area contributed by atoms with Crippen LogP contribution < -0.4 is 5.43 Å². The third kappa shape index (κ3) is 9.53. The summed E-state index contributed by atoms with van der Waals surface area (Å²) in [6.07, 6.45) is 20.5. The summed E-state index contributed by atoms with van der Waals surface area (Å²) < 4.78 is 2.25. The zero-order valence-electron chi connectivity index (χ0n) is 20.1. The fourth-order valence-corrected chi connectivity index (χ4v) is 4.19. The number of para-hydroxylation sites is 2. The quantitative estimate of drug-likeness (QED) is 0.249. The number of hydrogen-bond donors (Lipinski definition) is 1. The van der Waals surface area contributed by atoms with Gasteiger partial charge in [-0.2, -0.15) is 0 Å². The Balaban J connectivity index is 1.60. The third-order valence-electron chi connectivity index (χ3n) is 6.13. The Labute approximate surface area is 186 Å². The molecule has 1 N–H and O–H groups in total. The molecule has 0 bridgehead atoms. The molecule has 170 valence electrons. The summed E-state index contributed by atoms with van der Waals surface area (Å²) in [5.41, 5.74) is 5.94. The second kappa shape index (κ2) is 15.3. The Morgan fingerprint density at radius 3 is 1.97 bits per heavy atom. The molecule has 1 aromatic heterocycles. The van der Waals surface area contributed by atoms with Gasteiger partial charge in [0.1, 0.15) is 5.82 Å². The average Bonchev–Trinajstić information content (AvgIpc) is 3.09. The van der Waals surface area contributed by atoms with Crippen LogP contribution in [0.3, 0.4) is 0 Å². The lowest BCUT2D eigenvalue weighted by atomic mass is 10.0. The number of benzene rings is 1. The molecule has 0 aliphatic rings. The highest BCUT2D eigenvalue weighted by molar-refractivity contribution is 5.76. The van der Waals surface area contributed by atoms with E-state index in [4.69, 9.17) is 4.98 Å². The first-order valence-electron chi connectivity index (χ1n) is 12.9. The zero-order valence-corrected chi connectivity index (χ0v) is 20.1. The van der Waals surface area contributed by atoms with Crippen molar-refractivity contribution < 1.29 is 0 Å². The smallest absolute Gasteiger partial charge is 0.128 e. The van der Waals surface area contributed by atoms with Crippen molar-refractivity contribution in [3.05, 3.63) is 30.1 Å². The minimum absolute atomic E-state index is 0.719. The van der Waals surface area contributed by atoms with Gasteiger partial charge in [0.25, 0.3) is 0 Å². The van der Waals surface area contributed by atoms with E-state index in [1.165, 1.54) is 101 Å². The molecule has 0 saturated carbocycles. The second-order valence-electron chi connectivity index (χ2n) is 9.44. The maximum atomic E-state index is 4.91. The number of unbranched alkanes of at least 4 members (excludes halogenated alkanes) is 12. The Morgan fingerprint density at radius 1 is 0.800 bits per heavy atom. The maximum absolute atomic E-state index is 4.91. The molecule has 0 atom stereocenters. The summed E-state index contributed by atoms with van der Waals surface area (Å²) in [5, 5.41) is 0. The maximum Gasteiger partial charge on any atom is 0.128 e. The molecule has 30 heavy (non-hydrogen) atoms. The molecule has 0 saturated heterocycles. The van der Waals surface area contributed by atoms with Crippen LogP contribution in [0, 0.1) is 5.92 Å². The van der Waals surface area contributed by atoms with E-state index in [-0.39, 0.29) is 0 Å². The van der Waals surface area contributed by atoms with Crippen molar-refractivity contribution in [3.8, 4) is 0 Å². The molecule has 2 rings (SSSR count). The van der Waals surface area contributed by atoms with Crippen LogP contribution in [0.1, 0.15) is 116 Å². The molecule has 3 nitrogen and oxygen atoms in total. The number of nitrogens with zero attached hydrogens (tertiary/aromatic N) is 2. The predicted molar refractivity (Wildman–Crippen MR) is 133 cm³/mol. The van der Waals surface area contributed by atoms with Crippen LogP contribution in [-0.4, -0.2) is 16.2 Å². The summed E-state index contributed by atoms with van der Waals surface area (Å²) >= 11 is 0. The van der Waals surface area contributed by atoms with Crippen molar-refractivity contribution in [3.63, 3.8) is 0 Å². The van der Waals surface area contributed by atoms with Crippen LogP contribution in [0.15, 0.2) is 24.3 Å². The van der Waals surface area contributed by atoms with Crippen molar-refractivity contribution in [2.24, 2.45) is 5.92 Å². The Morgan fingerprint density at radius 2 is 1.37 bits per heavy atom. The fraction of sp³-hybridized carbons (Fsp3) is 0.741. The Bertz CT molecular complexity index is 674. The highest BCUT2D eigenvalue weighted by Crippen LogP contribution is 2.18. The number of aromatic nitrogens is 2. The van der Waals surface area contributed by atoms with Crippen LogP contribution in [0.5, 0.6) is 0 Å². The van der Waals surface area contributed by atoms with Gasteiger partial charge in [-0.25, -0.2) is 9.66 Å². The summed E-state index contributed by atoms with van der Waals surface area (Å²) in [6, 6.07) is 8.50. The lowest BCUT2D eigenvalue weighted by Crippen LogP contribution is -2.19. The number of rotatable bonds is 18. The molecule has 0 spiro atoms. The van der Waals surface area contributed by atoms with Crippen LogP contribution in [0.4, 0.5) is 0 Å². The number of imidazole rings is 1. The molecular weight excluding hydrogens is 366 g/mol. The van der Waals surface area contributed by atoms with E-state index in [2.05, 4.69) is 55.1 Å². The lowest BCUT2D eigenvalue weighted by Gasteiger charge is -2.13. The van der Waals surface area contributed by atoms with Crippen molar-refractivity contribution in [2.75, 3.05) is 12.0 Å². The molecular formula is C27H47N3. The standard InChI is InChI=1S/C27H47N3/c1-4-5-6-7-8-9-10-11-12-13-14-15-16-21-27-29-25-19-17-18-20-26(25)30(27)28-23-22-24(2)3/h17-20,24,28H,4-16,21-23H2,1-3H3. The monoisotopic (exact) mass is 413 g/mol. The van der Waals surface area contributed by atoms with Crippen molar-refractivity contribution in [2.45, 2.75) is 117 Å². The van der Waals surface area contributed by atoms with Crippen LogP contribution in [0.25, 0.3) is 11.0 Å². The molecule has 3 heteroatoms. The Hall–Kier alpha value is -1.51. The average molecular weight is 414 g/mol. The fourth-order valence-electron chi connectivity index (χ4n) is 4.19. The van der Waals surface area contributed by atoms with E-state index >= 15 is 0 Å². The molecule has 1 aromatic carbocycles. The summed E-state index contributed by atoms with van der Waals surface area (Å²) in [5.74, 6) is 1.92. The molecule has 0 aliphatic carbocycles. The van der Waals surface area contributed by atoms with E-state index in [1.807, 2.05) is 0 Å². The van der Waals surface area contributed by atoms with E-state index in [1.54, 1.807) is 0 Å². The van der Waals surface area contributed by atoms with Crippen LogP contribution in [-0.2, 0) is 6.42 Å². The minimum atomic E-state index is 0.719. The first-order valence-corrected chi connectivity index (χ1v) is 12.9. The number of nitrogens with one attached hydrogen (secondary N) is 1. The van der Waals surface area contributed by atoms with Gasteiger partial charge >= 0.3 is 0 Å². The molecule has 0 fully saturated rings. The summed E-state index contributed by atoms with van der Waals surface area (Å²) in [7, 11) is 0. The van der Waals surface area contributed by atoms with Gasteiger partial charge in [0.2, 0.25) is 0 Å². The second-order valence-corrected chi connectivity index (χ2v) is 9.44. The molecule has 1 heterocycles. The van der Waals surface area contributed by atoms with E-state index in [9.17, 15) is 0 Å². The van der Waals surface area contributed by atoms with Crippen LogP contribution in [0.2, 0.25) is 0 Å². The van der Waals surface area contributed by atoms with Crippen LogP contribution >= 0.6 is 0 Å². The van der Waals surface area contributed by atoms with Gasteiger partial charge in [0, 0.05) is 13.0 Å². The molecule has 0 aliphatic heterocycles. The first-order chi connectivity index (χ1) is 14.7. The van der Waals surface area contributed by atoms with Gasteiger partial charge in [-0.3, -0.25) is 0 Å². The predicted octanol–water partition coefficient (Wildman–Crippen LogP) is 8.26. The zero-order chi connectivity index (χ0) is 21.4. The summed E-state index contributed by atoms with van der Waals surface area (Å²) in [6.45, 7) is 7.86. The SMILES string of the molecule is CCCCCCCCCCCCCCCc1nc2ccccc2n1NCCC(C)C. The van der Waals surface area contributed by atoms with Gasteiger partial charge in [-0.05, 0) is 30.9 Å². The molecule has 0 unspecified atom stereocenters. The van der Waals surface area contributed by atoms with Gasteiger partial charge in [0.15, 0.2) is 0 Å². The molecule has 0 amide bonds. The van der Waals surface area contributed by atoms with Gasteiger partial charge in [-0.1, -0.05) is 110 Å². The van der Waals surface area contributed by atoms with Crippen molar-refractivity contribution in [1.82, 2.24) is 9.66 Å². The highest BCUT2D eigenvalue weighted by Gasteiger charge is 2.10. The van der Waals surface area contributed by atoms with E-state index in [0.717, 1.165) is 24.4 Å². The molecule has 0 radical (unpaired) electrons. The number of fused-ring (bicyclic) bond motifs is 1. The van der Waals surface area contributed by atoms with Gasteiger partial charge in [-0.15, -0.1) is 0 Å². The van der Waals surface area contributed by atoms with Gasteiger partial charge < -0.3 is 5.43 Å². The number of hydrogen-bond acceptors (Lipinski definition) is 2.